The molecule has 18 heavy (non-hydrogen) atoms. The van der Waals surface area contributed by atoms with Crippen molar-refractivity contribution in [2.75, 3.05) is 20.2 Å². The summed E-state index contributed by atoms with van der Waals surface area (Å²) in [6.45, 7) is 2.97. The summed E-state index contributed by atoms with van der Waals surface area (Å²) in [5.41, 5.74) is 0. The minimum absolute atomic E-state index is 0.358. The van der Waals surface area contributed by atoms with Gasteiger partial charge in [0.15, 0.2) is 0 Å². The number of rotatable bonds is 5. The minimum Gasteiger partial charge on any atom is -0.478 e. The van der Waals surface area contributed by atoms with Crippen molar-refractivity contribution in [2.45, 2.75) is 19.1 Å². The fraction of sp³-hybridized carbons (Fsp3) is 0.462. The lowest BCUT2D eigenvalue weighted by Crippen LogP contribution is -2.21. The maximum Gasteiger partial charge on any atom is 0.328 e. The van der Waals surface area contributed by atoms with E-state index in [1.807, 2.05) is 6.07 Å². The number of aliphatic carboxylic acids is 1. The van der Waals surface area contributed by atoms with Gasteiger partial charge in [0.25, 0.3) is 0 Å². The van der Waals surface area contributed by atoms with Crippen molar-refractivity contribution in [2.24, 2.45) is 0 Å². The molecule has 2 rings (SSSR count). The fourth-order valence-corrected chi connectivity index (χ4v) is 3.03. The monoisotopic (exact) mass is 267 g/mol. The molecule has 1 aromatic rings. The molecule has 1 aromatic heterocycles. The largest absolute Gasteiger partial charge is 0.478 e. The highest BCUT2D eigenvalue weighted by molar-refractivity contribution is 7.12. The Morgan fingerprint density at radius 2 is 2.50 bits per heavy atom. The first-order valence-corrected chi connectivity index (χ1v) is 6.74. The molecule has 0 bridgehead atoms. The SMILES string of the molecule is COC1CCN(Cc2ccc(/C=C/C(=O)O)s2)C1. The molecule has 1 unspecified atom stereocenters. The highest BCUT2D eigenvalue weighted by atomic mass is 32.1. The van der Waals surface area contributed by atoms with Gasteiger partial charge < -0.3 is 9.84 Å². The van der Waals surface area contributed by atoms with Gasteiger partial charge in [0.2, 0.25) is 0 Å². The van der Waals surface area contributed by atoms with Crippen LogP contribution < -0.4 is 0 Å². The fourth-order valence-electron chi connectivity index (χ4n) is 2.08. The second-order valence-electron chi connectivity index (χ2n) is 4.36. The van der Waals surface area contributed by atoms with Gasteiger partial charge in [0.05, 0.1) is 6.10 Å². The van der Waals surface area contributed by atoms with Gasteiger partial charge in [-0.2, -0.15) is 0 Å². The van der Waals surface area contributed by atoms with Gasteiger partial charge in [0, 0.05) is 42.6 Å². The molecule has 0 radical (unpaired) electrons. The maximum absolute atomic E-state index is 10.4. The predicted octanol–water partition coefficient (Wildman–Crippen LogP) is 2.07. The molecule has 98 valence electrons. The molecule has 0 aliphatic carbocycles. The number of hydrogen-bond donors (Lipinski definition) is 1. The summed E-state index contributed by atoms with van der Waals surface area (Å²) >= 11 is 1.64. The summed E-state index contributed by atoms with van der Waals surface area (Å²) in [7, 11) is 1.76. The smallest absolute Gasteiger partial charge is 0.328 e. The molecule has 1 aliphatic rings. The van der Waals surface area contributed by atoms with Crippen molar-refractivity contribution >= 4 is 23.4 Å². The number of thiophene rings is 1. The average molecular weight is 267 g/mol. The number of methoxy groups -OCH3 is 1. The quantitative estimate of drug-likeness (QED) is 0.830. The van der Waals surface area contributed by atoms with Gasteiger partial charge in [-0.1, -0.05) is 0 Å². The first-order valence-electron chi connectivity index (χ1n) is 5.92. The molecular weight excluding hydrogens is 250 g/mol. The van der Waals surface area contributed by atoms with E-state index in [4.69, 9.17) is 9.84 Å². The topological polar surface area (TPSA) is 49.8 Å². The molecule has 2 heterocycles. The molecule has 0 aromatic carbocycles. The van der Waals surface area contributed by atoms with Crippen LogP contribution in [0.1, 0.15) is 16.2 Å². The Labute approximate surface area is 110 Å². The second kappa shape index (κ2) is 6.13. The summed E-state index contributed by atoms with van der Waals surface area (Å²) < 4.78 is 5.33. The molecule has 1 aliphatic heterocycles. The van der Waals surface area contributed by atoms with Crippen molar-refractivity contribution in [3.8, 4) is 0 Å². The van der Waals surface area contributed by atoms with Crippen LogP contribution in [0.4, 0.5) is 0 Å². The molecule has 1 N–H and O–H groups in total. The Morgan fingerprint density at radius 3 is 3.17 bits per heavy atom. The van der Waals surface area contributed by atoms with Gasteiger partial charge in [-0.3, -0.25) is 4.90 Å². The molecule has 0 amide bonds. The van der Waals surface area contributed by atoms with Gasteiger partial charge in [-0.05, 0) is 24.6 Å². The molecule has 0 spiro atoms. The third-order valence-corrected chi connectivity index (χ3v) is 4.05. The number of likely N-dealkylation sites (tertiary alicyclic amines) is 1. The molecular formula is C13H17NO3S. The van der Waals surface area contributed by atoms with E-state index in [1.54, 1.807) is 24.5 Å². The zero-order chi connectivity index (χ0) is 13.0. The van der Waals surface area contributed by atoms with E-state index in [-0.39, 0.29) is 0 Å². The number of carboxylic acids is 1. The van der Waals surface area contributed by atoms with Crippen molar-refractivity contribution in [1.29, 1.82) is 0 Å². The van der Waals surface area contributed by atoms with Crippen LogP contribution in [0, 0.1) is 0 Å². The number of hydrogen-bond acceptors (Lipinski definition) is 4. The minimum atomic E-state index is -0.910. The standard InChI is InChI=1S/C13H17NO3S/c1-17-10-6-7-14(8-10)9-12-3-2-11(18-12)4-5-13(15)16/h2-5,10H,6-9H2,1H3,(H,15,16)/b5-4+. The van der Waals surface area contributed by atoms with E-state index in [0.29, 0.717) is 6.10 Å². The lowest BCUT2D eigenvalue weighted by atomic mass is 10.3. The molecule has 1 fully saturated rings. The highest BCUT2D eigenvalue weighted by Gasteiger charge is 2.22. The maximum atomic E-state index is 10.4. The van der Waals surface area contributed by atoms with Crippen molar-refractivity contribution in [3.05, 3.63) is 28.0 Å². The molecule has 5 heteroatoms. The van der Waals surface area contributed by atoms with Gasteiger partial charge in [-0.25, -0.2) is 4.79 Å². The van der Waals surface area contributed by atoms with Crippen LogP contribution in [-0.4, -0.2) is 42.3 Å². The van der Waals surface area contributed by atoms with Crippen LogP contribution in [0.5, 0.6) is 0 Å². The first-order chi connectivity index (χ1) is 8.67. The number of ether oxygens (including phenoxy) is 1. The van der Waals surface area contributed by atoms with Crippen LogP contribution in [0.3, 0.4) is 0 Å². The highest BCUT2D eigenvalue weighted by Crippen LogP contribution is 2.22. The summed E-state index contributed by atoms with van der Waals surface area (Å²) in [5.74, 6) is -0.910. The van der Waals surface area contributed by atoms with E-state index in [2.05, 4.69) is 11.0 Å². The van der Waals surface area contributed by atoms with Crippen LogP contribution >= 0.6 is 11.3 Å². The number of nitrogens with zero attached hydrogens (tertiary/aromatic N) is 1. The Hall–Kier alpha value is -1.17. The number of carboxylic acid groups (broad SMARTS) is 1. The van der Waals surface area contributed by atoms with Gasteiger partial charge in [0.1, 0.15) is 0 Å². The lowest BCUT2D eigenvalue weighted by Gasteiger charge is -2.13. The van der Waals surface area contributed by atoms with E-state index >= 15 is 0 Å². The zero-order valence-electron chi connectivity index (χ0n) is 10.3. The molecule has 1 atom stereocenters. The zero-order valence-corrected chi connectivity index (χ0v) is 11.2. The van der Waals surface area contributed by atoms with Crippen molar-refractivity contribution in [1.82, 2.24) is 4.90 Å². The second-order valence-corrected chi connectivity index (χ2v) is 5.56. The summed E-state index contributed by atoms with van der Waals surface area (Å²) in [4.78, 5) is 15.0. The van der Waals surface area contributed by atoms with E-state index < -0.39 is 5.97 Å². The summed E-state index contributed by atoms with van der Waals surface area (Å²) in [6, 6.07) is 4.02. The van der Waals surface area contributed by atoms with E-state index in [1.165, 1.54) is 11.0 Å². The number of carbonyl (C=O) groups is 1. The Kier molecular flexibility index (Phi) is 4.52. The Bertz CT molecular complexity index is 441. The predicted molar refractivity (Wildman–Crippen MR) is 71.7 cm³/mol. The molecule has 1 saturated heterocycles. The first kappa shape index (κ1) is 13.3. The van der Waals surface area contributed by atoms with Crippen LogP contribution in [0.25, 0.3) is 6.08 Å². The third-order valence-electron chi connectivity index (χ3n) is 3.01. The van der Waals surface area contributed by atoms with E-state index in [0.717, 1.165) is 30.9 Å². The lowest BCUT2D eigenvalue weighted by molar-refractivity contribution is -0.131. The summed E-state index contributed by atoms with van der Waals surface area (Å²) in [5, 5.41) is 8.56. The van der Waals surface area contributed by atoms with Crippen LogP contribution in [0.15, 0.2) is 18.2 Å². The van der Waals surface area contributed by atoms with Crippen molar-refractivity contribution in [3.63, 3.8) is 0 Å². The van der Waals surface area contributed by atoms with Gasteiger partial charge in [-0.15, -0.1) is 11.3 Å². The van der Waals surface area contributed by atoms with E-state index in [9.17, 15) is 4.79 Å². The summed E-state index contributed by atoms with van der Waals surface area (Å²) in [6.07, 6.45) is 4.26. The molecule has 4 nitrogen and oxygen atoms in total. The van der Waals surface area contributed by atoms with Crippen LogP contribution in [-0.2, 0) is 16.1 Å². The molecule has 0 saturated carbocycles. The third kappa shape index (κ3) is 3.66. The Balaban J connectivity index is 1.89. The average Bonchev–Trinajstić information content (AvgIpc) is 2.96. The normalized spacial score (nSPS) is 20.8. The van der Waals surface area contributed by atoms with Gasteiger partial charge >= 0.3 is 5.97 Å². The van der Waals surface area contributed by atoms with Crippen molar-refractivity contribution < 1.29 is 14.6 Å². The van der Waals surface area contributed by atoms with Crippen LogP contribution in [0.2, 0.25) is 0 Å². The Morgan fingerprint density at radius 1 is 1.67 bits per heavy atom.